The Bertz CT molecular complexity index is 1360. The van der Waals surface area contributed by atoms with E-state index >= 15 is 0 Å². The summed E-state index contributed by atoms with van der Waals surface area (Å²) in [6, 6.07) is 6.71. The van der Waals surface area contributed by atoms with Crippen molar-refractivity contribution < 1.29 is 19.2 Å². The molecule has 33 heavy (non-hydrogen) atoms. The fraction of sp³-hybridized carbons (Fsp3) is 0.364. The van der Waals surface area contributed by atoms with Crippen LogP contribution >= 0.6 is 0 Å². The predicted octanol–water partition coefficient (Wildman–Crippen LogP) is 2.25. The van der Waals surface area contributed by atoms with Gasteiger partial charge in [-0.1, -0.05) is 12.1 Å². The summed E-state index contributed by atoms with van der Waals surface area (Å²) in [4.78, 5) is 35.3. The van der Waals surface area contributed by atoms with E-state index in [2.05, 4.69) is 20.1 Å². The number of aromatic nitrogens is 6. The van der Waals surface area contributed by atoms with E-state index in [1.54, 1.807) is 28.8 Å². The van der Waals surface area contributed by atoms with Gasteiger partial charge in [0.05, 0.1) is 23.3 Å². The summed E-state index contributed by atoms with van der Waals surface area (Å²) in [6.07, 6.45) is 0.548. The molecule has 5 rings (SSSR count). The van der Waals surface area contributed by atoms with E-state index in [9.17, 15) is 9.59 Å². The van der Waals surface area contributed by atoms with E-state index < -0.39 is 11.8 Å². The quantitative estimate of drug-likeness (QED) is 0.297. The number of carbonyl (C=O) groups excluding carboxylic acids is 2. The van der Waals surface area contributed by atoms with Crippen LogP contribution in [0.5, 0.6) is 0 Å². The number of hydroxylamine groups is 2. The Morgan fingerprint density at radius 2 is 1.79 bits per heavy atom. The average Bonchev–Trinajstić information content (AvgIpc) is 3.51. The molecule has 4 aromatic rings. The standard InChI is InChI=1S/C22H23N7O4/c1-4-32-12-17-23-18-19(13(2)14(3)28-20(18)24-25-26-28)27(17)10-7-11-33-29-21(30)15-8-5-6-9-16(15)22(29)31/h5-6,8-9H,4,7,10-12H2,1-3H3. The van der Waals surface area contributed by atoms with Crippen LogP contribution in [0, 0.1) is 13.8 Å². The zero-order valence-corrected chi connectivity index (χ0v) is 18.6. The van der Waals surface area contributed by atoms with Crippen molar-refractivity contribution in [2.45, 2.75) is 40.3 Å². The van der Waals surface area contributed by atoms with E-state index in [-0.39, 0.29) is 6.61 Å². The van der Waals surface area contributed by atoms with Gasteiger partial charge in [-0.3, -0.25) is 14.4 Å². The third kappa shape index (κ3) is 3.36. The van der Waals surface area contributed by atoms with Crippen LogP contribution in [0.4, 0.5) is 0 Å². The van der Waals surface area contributed by atoms with Crippen molar-refractivity contribution in [3.63, 3.8) is 0 Å². The van der Waals surface area contributed by atoms with Crippen LogP contribution < -0.4 is 0 Å². The van der Waals surface area contributed by atoms with Crippen molar-refractivity contribution >= 4 is 28.5 Å². The number of imide groups is 1. The number of imidazole rings is 1. The first-order valence-corrected chi connectivity index (χ1v) is 10.8. The SMILES string of the molecule is CCOCc1nc2c(c(C)c(C)n3nnnc23)n1CCCON1C(=O)c2ccccc2C1=O. The van der Waals surface area contributed by atoms with E-state index in [0.29, 0.717) is 48.5 Å². The van der Waals surface area contributed by atoms with Gasteiger partial charge in [0.25, 0.3) is 11.8 Å². The Morgan fingerprint density at radius 3 is 2.48 bits per heavy atom. The minimum absolute atomic E-state index is 0.186. The molecule has 3 aromatic heterocycles. The second-order valence-corrected chi connectivity index (χ2v) is 7.78. The number of hydrogen-bond donors (Lipinski definition) is 0. The zero-order chi connectivity index (χ0) is 23.1. The summed E-state index contributed by atoms with van der Waals surface area (Å²) in [5.41, 5.74) is 4.89. The Hall–Kier alpha value is -3.70. The summed E-state index contributed by atoms with van der Waals surface area (Å²) < 4.78 is 9.40. The number of amides is 2. The van der Waals surface area contributed by atoms with E-state index in [1.807, 2.05) is 20.8 Å². The molecule has 2 amide bonds. The first-order chi connectivity index (χ1) is 16.0. The van der Waals surface area contributed by atoms with Gasteiger partial charge in [0.2, 0.25) is 5.65 Å². The average molecular weight is 449 g/mol. The molecule has 0 bridgehead atoms. The number of benzene rings is 1. The Labute approximate surface area is 188 Å². The third-order valence-corrected chi connectivity index (χ3v) is 5.88. The van der Waals surface area contributed by atoms with Crippen LogP contribution in [-0.4, -0.2) is 59.7 Å². The van der Waals surface area contributed by atoms with Gasteiger partial charge in [-0.25, -0.2) is 4.98 Å². The number of hydrogen-bond acceptors (Lipinski definition) is 8. The van der Waals surface area contributed by atoms with E-state index in [0.717, 1.165) is 27.7 Å². The molecule has 4 heterocycles. The number of carbonyl (C=O) groups is 2. The zero-order valence-electron chi connectivity index (χ0n) is 18.6. The highest BCUT2D eigenvalue weighted by atomic mass is 16.7. The molecule has 11 nitrogen and oxygen atoms in total. The van der Waals surface area contributed by atoms with Gasteiger partial charge in [0.15, 0.2) is 0 Å². The lowest BCUT2D eigenvalue weighted by Gasteiger charge is -2.15. The molecular weight excluding hydrogens is 426 g/mol. The maximum atomic E-state index is 12.5. The molecule has 0 saturated carbocycles. The van der Waals surface area contributed by atoms with Gasteiger partial charge in [-0.2, -0.15) is 4.52 Å². The highest BCUT2D eigenvalue weighted by molar-refractivity contribution is 6.20. The predicted molar refractivity (Wildman–Crippen MR) is 116 cm³/mol. The summed E-state index contributed by atoms with van der Waals surface area (Å²) in [5, 5.41) is 12.9. The Kier molecular flexibility index (Phi) is 5.35. The molecule has 1 aliphatic rings. The lowest BCUT2D eigenvalue weighted by Crippen LogP contribution is -2.30. The fourth-order valence-electron chi connectivity index (χ4n) is 4.13. The maximum absolute atomic E-state index is 12.5. The molecule has 0 atom stereocenters. The molecule has 11 heteroatoms. The molecule has 0 saturated heterocycles. The molecule has 0 unspecified atom stereocenters. The second-order valence-electron chi connectivity index (χ2n) is 7.78. The van der Waals surface area contributed by atoms with Crippen LogP contribution in [0.2, 0.25) is 0 Å². The van der Waals surface area contributed by atoms with Crippen LogP contribution in [-0.2, 0) is 22.7 Å². The van der Waals surface area contributed by atoms with Crippen molar-refractivity contribution in [2.75, 3.05) is 13.2 Å². The third-order valence-electron chi connectivity index (χ3n) is 5.88. The van der Waals surface area contributed by atoms with Crippen molar-refractivity contribution in [3.05, 3.63) is 52.5 Å². The number of tetrazole rings is 1. The molecule has 1 aromatic carbocycles. The molecule has 0 fully saturated rings. The number of pyridine rings is 1. The first kappa shape index (κ1) is 21.2. The van der Waals surface area contributed by atoms with E-state index in [4.69, 9.17) is 14.6 Å². The summed E-state index contributed by atoms with van der Waals surface area (Å²) in [7, 11) is 0. The van der Waals surface area contributed by atoms with Gasteiger partial charge >= 0.3 is 0 Å². The van der Waals surface area contributed by atoms with Crippen LogP contribution in [0.25, 0.3) is 16.7 Å². The van der Waals surface area contributed by atoms with Crippen molar-refractivity contribution in [1.29, 1.82) is 0 Å². The number of rotatable bonds is 8. The number of aryl methyl sites for hydroxylation is 3. The van der Waals surface area contributed by atoms with Gasteiger partial charge in [-0.05, 0) is 55.3 Å². The van der Waals surface area contributed by atoms with Gasteiger partial charge < -0.3 is 9.30 Å². The van der Waals surface area contributed by atoms with Gasteiger partial charge in [-0.15, -0.1) is 10.2 Å². The number of ether oxygens (including phenoxy) is 1. The minimum atomic E-state index is -0.436. The summed E-state index contributed by atoms with van der Waals surface area (Å²) in [6.45, 7) is 7.55. The second kappa shape index (κ2) is 8.34. The van der Waals surface area contributed by atoms with Crippen LogP contribution in [0.1, 0.15) is 51.1 Å². The van der Waals surface area contributed by atoms with Gasteiger partial charge in [0, 0.05) is 18.8 Å². The molecule has 0 N–H and O–H groups in total. The minimum Gasteiger partial charge on any atom is -0.374 e. The normalized spacial score (nSPS) is 13.6. The first-order valence-electron chi connectivity index (χ1n) is 10.8. The number of fused-ring (bicyclic) bond motifs is 4. The van der Waals surface area contributed by atoms with Crippen molar-refractivity contribution in [2.24, 2.45) is 0 Å². The molecule has 0 aliphatic carbocycles. The maximum Gasteiger partial charge on any atom is 0.285 e. The lowest BCUT2D eigenvalue weighted by molar-refractivity contribution is -0.0925. The highest BCUT2D eigenvalue weighted by Crippen LogP contribution is 2.27. The largest absolute Gasteiger partial charge is 0.374 e. The van der Waals surface area contributed by atoms with Crippen LogP contribution in [0.15, 0.2) is 24.3 Å². The lowest BCUT2D eigenvalue weighted by atomic mass is 10.1. The molecule has 170 valence electrons. The monoisotopic (exact) mass is 449 g/mol. The van der Waals surface area contributed by atoms with Crippen molar-refractivity contribution in [1.82, 2.24) is 34.7 Å². The fourth-order valence-corrected chi connectivity index (χ4v) is 4.13. The molecular formula is C22H23N7O4. The topological polar surface area (TPSA) is 117 Å². The van der Waals surface area contributed by atoms with Gasteiger partial charge in [0.1, 0.15) is 17.9 Å². The number of nitrogens with zero attached hydrogens (tertiary/aromatic N) is 7. The highest BCUT2D eigenvalue weighted by Gasteiger charge is 2.36. The molecule has 0 radical (unpaired) electrons. The smallest absolute Gasteiger partial charge is 0.285 e. The summed E-state index contributed by atoms with van der Waals surface area (Å²) in [5.74, 6) is -0.117. The molecule has 0 spiro atoms. The molecule has 1 aliphatic heterocycles. The van der Waals surface area contributed by atoms with Crippen molar-refractivity contribution in [3.8, 4) is 0 Å². The van der Waals surface area contributed by atoms with E-state index in [1.165, 1.54) is 0 Å². The Balaban J connectivity index is 1.38. The Morgan fingerprint density at radius 1 is 1.06 bits per heavy atom. The summed E-state index contributed by atoms with van der Waals surface area (Å²) >= 11 is 0. The van der Waals surface area contributed by atoms with Crippen LogP contribution in [0.3, 0.4) is 0 Å².